The van der Waals surface area contributed by atoms with Crippen LogP contribution in [0.15, 0.2) is 40.8 Å². The van der Waals surface area contributed by atoms with Gasteiger partial charge in [-0.15, -0.1) is 10.2 Å². The first-order chi connectivity index (χ1) is 12.4. The van der Waals surface area contributed by atoms with Crippen molar-refractivity contribution in [3.63, 3.8) is 0 Å². The molecule has 0 amide bonds. The summed E-state index contributed by atoms with van der Waals surface area (Å²) in [6.07, 6.45) is 0. The number of aromatic nitrogens is 2. The number of rotatable bonds is 2. The van der Waals surface area contributed by atoms with E-state index < -0.39 is 0 Å². The molecule has 0 atom stereocenters. The van der Waals surface area contributed by atoms with Gasteiger partial charge in [0.05, 0.1) is 10.0 Å². The lowest BCUT2D eigenvalue weighted by atomic mass is 9.79. The van der Waals surface area contributed by atoms with E-state index in [2.05, 4.69) is 69.9 Å². The zero-order chi connectivity index (χ0) is 20.0. The standard InChI is InChI=1S/C22H24Cl2N2O/c1-21(2,3)15-9-14(10-16(12-15)22(4,5)6)20-26-25-19(27-20)13-7-8-17(23)18(24)11-13/h7-12H,1-6H3. The fourth-order valence-electron chi connectivity index (χ4n) is 2.70. The third-order valence-corrected chi connectivity index (χ3v) is 5.24. The van der Waals surface area contributed by atoms with Crippen LogP contribution >= 0.6 is 23.2 Å². The van der Waals surface area contributed by atoms with Gasteiger partial charge < -0.3 is 4.42 Å². The van der Waals surface area contributed by atoms with Crippen LogP contribution in [-0.4, -0.2) is 10.2 Å². The highest BCUT2D eigenvalue weighted by Crippen LogP contribution is 2.35. The van der Waals surface area contributed by atoms with Crippen molar-refractivity contribution in [2.24, 2.45) is 0 Å². The van der Waals surface area contributed by atoms with Crippen LogP contribution < -0.4 is 0 Å². The third-order valence-electron chi connectivity index (χ3n) is 4.50. The van der Waals surface area contributed by atoms with E-state index in [0.29, 0.717) is 21.8 Å². The Morgan fingerprint density at radius 2 is 1.19 bits per heavy atom. The van der Waals surface area contributed by atoms with E-state index in [0.717, 1.165) is 11.1 Å². The first-order valence-electron chi connectivity index (χ1n) is 8.90. The van der Waals surface area contributed by atoms with Gasteiger partial charge >= 0.3 is 0 Å². The van der Waals surface area contributed by atoms with Crippen molar-refractivity contribution in [1.82, 2.24) is 10.2 Å². The zero-order valence-corrected chi connectivity index (χ0v) is 18.0. The molecule has 0 saturated heterocycles. The highest BCUT2D eigenvalue weighted by molar-refractivity contribution is 6.42. The summed E-state index contributed by atoms with van der Waals surface area (Å²) in [5.41, 5.74) is 4.17. The van der Waals surface area contributed by atoms with Gasteiger partial charge in [-0.05, 0) is 52.3 Å². The first kappa shape index (κ1) is 19.9. The summed E-state index contributed by atoms with van der Waals surface area (Å²) in [5.74, 6) is 0.912. The predicted molar refractivity (Wildman–Crippen MR) is 113 cm³/mol. The second kappa shape index (κ2) is 6.96. The Balaban J connectivity index is 2.09. The fraction of sp³-hybridized carbons (Fsp3) is 0.364. The van der Waals surface area contributed by atoms with E-state index in [1.165, 1.54) is 11.1 Å². The molecule has 3 aromatic rings. The van der Waals surface area contributed by atoms with E-state index in [1.54, 1.807) is 12.1 Å². The molecule has 142 valence electrons. The summed E-state index contributed by atoms with van der Waals surface area (Å²) in [5, 5.41) is 9.42. The van der Waals surface area contributed by atoms with Gasteiger partial charge in [0.2, 0.25) is 11.8 Å². The molecule has 0 aliphatic rings. The molecule has 0 radical (unpaired) electrons. The maximum Gasteiger partial charge on any atom is 0.248 e. The molecule has 0 N–H and O–H groups in total. The highest BCUT2D eigenvalue weighted by Gasteiger charge is 2.22. The second-order valence-electron chi connectivity index (χ2n) is 8.84. The Kier molecular flexibility index (Phi) is 5.13. The minimum atomic E-state index is 0.0164. The van der Waals surface area contributed by atoms with E-state index in [1.807, 2.05) is 6.07 Å². The Morgan fingerprint density at radius 3 is 1.67 bits per heavy atom. The largest absolute Gasteiger partial charge is 0.416 e. The smallest absolute Gasteiger partial charge is 0.248 e. The molecule has 3 rings (SSSR count). The monoisotopic (exact) mass is 402 g/mol. The number of nitrogens with zero attached hydrogens (tertiary/aromatic N) is 2. The van der Waals surface area contributed by atoms with Crippen LogP contribution in [0.1, 0.15) is 52.7 Å². The van der Waals surface area contributed by atoms with Crippen LogP contribution in [0.5, 0.6) is 0 Å². The average molecular weight is 403 g/mol. The average Bonchev–Trinajstić information content (AvgIpc) is 3.05. The maximum atomic E-state index is 6.11. The zero-order valence-electron chi connectivity index (χ0n) is 16.5. The van der Waals surface area contributed by atoms with Crippen LogP contribution in [0.4, 0.5) is 0 Å². The molecule has 1 aromatic heterocycles. The lowest BCUT2D eigenvalue weighted by molar-refractivity contribution is 0.564. The fourth-order valence-corrected chi connectivity index (χ4v) is 3.00. The third kappa shape index (κ3) is 4.36. The summed E-state index contributed by atoms with van der Waals surface area (Å²) < 4.78 is 5.96. The van der Waals surface area contributed by atoms with Gasteiger partial charge in [0.15, 0.2) is 0 Å². The second-order valence-corrected chi connectivity index (χ2v) is 9.65. The van der Waals surface area contributed by atoms with Crippen molar-refractivity contribution >= 4 is 23.2 Å². The number of hydrogen-bond acceptors (Lipinski definition) is 3. The molecule has 3 nitrogen and oxygen atoms in total. The minimum absolute atomic E-state index is 0.0164. The van der Waals surface area contributed by atoms with Gasteiger partial charge in [-0.1, -0.05) is 70.8 Å². The normalized spacial score (nSPS) is 12.4. The summed E-state index contributed by atoms with van der Waals surface area (Å²) in [4.78, 5) is 0. The molecule has 0 spiro atoms. The Bertz CT molecular complexity index is 946. The van der Waals surface area contributed by atoms with Crippen LogP contribution in [0.2, 0.25) is 10.0 Å². The van der Waals surface area contributed by atoms with Gasteiger partial charge in [0.25, 0.3) is 0 Å². The number of halogens is 2. The molecule has 27 heavy (non-hydrogen) atoms. The maximum absolute atomic E-state index is 6.11. The van der Waals surface area contributed by atoms with Gasteiger partial charge in [-0.25, -0.2) is 0 Å². The number of hydrogen-bond donors (Lipinski definition) is 0. The molecule has 0 bridgehead atoms. The van der Waals surface area contributed by atoms with Crippen LogP contribution in [-0.2, 0) is 10.8 Å². The van der Waals surface area contributed by atoms with Crippen molar-refractivity contribution in [2.75, 3.05) is 0 Å². The molecule has 0 unspecified atom stereocenters. The minimum Gasteiger partial charge on any atom is -0.416 e. The van der Waals surface area contributed by atoms with Crippen LogP contribution in [0, 0.1) is 0 Å². The van der Waals surface area contributed by atoms with E-state index in [9.17, 15) is 0 Å². The summed E-state index contributed by atoms with van der Waals surface area (Å²) in [7, 11) is 0. The molecule has 5 heteroatoms. The molecule has 2 aromatic carbocycles. The van der Waals surface area contributed by atoms with Crippen molar-refractivity contribution < 1.29 is 4.42 Å². The quantitative estimate of drug-likeness (QED) is 0.450. The van der Waals surface area contributed by atoms with Gasteiger partial charge in [-0.2, -0.15) is 0 Å². The summed E-state index contributed by atoms with van der Waals surface area (Å²) >= 11 is 12.1. The van der Waals surface area contributed by atoms with Crippen LogP contribution in [0.25, 0.3) is 22.9 Å². The molecule has 0 saturated carbocycles. The Morgan fingerprint density at radius 1 is 0.667 bits per heavy atom. The molecular formula is C22H24Cl2N2O. The topological polar surface area (TPSA) is 38.9 Å². The lowest BCUT2D eigenvalue weighted by Crippen LogP contribution is -2.16. The lowest BCUT2D eigenvalue weighted by Gasteiger charge is -2.25. The molecular weight excluding hydrogens is 379 g/mol. The summed E-state index contributed by atoms with van der Waals surface area (Å²) in [6.45, 7) is 13.2. The molecule has 0 fully saturated rings. The molecule has 0 aliphatic carbocycles. The summed E-state index contributed by atoms with van der Waals surface area (Å²) in [6, 6.07) is 11.8. The Labute approximate surface area is 170 Å². The number of benzene rings is 2. The van der Waals surface area contributed by atoms with Gasteiger partial charge in [0, 0.05) is 11.1 Å². The SMILES string of the molecule is CC(C)(C)c1cc(-c2nnc(-c3ccc(Cl)c(Cl)c3)o2)cc(C(C)(C)C)c1. The van der Waals surface area contributed by atoms with E-state index >= 15 is 0 Å². The van der Waals surface area contributed by atoms with Crippen molar-refractivity contribution in [3.05, 3.63) is 57.6 Å². The molecule has 0 aliphatic heterocycles. The first-order valence-corrected chi connectivity index (χ1v) is 9.66. The Hall–Kier alpha value is -1.84. The van der Waals surface area contributed by atoms with E-state index in [4.69, 9.17) is 27.6 Å². The molecule has 1 heterocycles. The van der Waals surface area contributed by atoms with Crippen molar-refractivity contribution in [3.8, 4) is 22.9 Å². The van der Waals surface area contributed by atoms with Gasteiger partial charge in [0.1, 0.15) is 0 Å². The van der Waals surface area contributed by atoms with Gasteiger partial charge in [-0.3, -0.25) is 0 Å². The van der Waals surface area contributed by atoms with E-state index in [-0.39, 0.29) is 10.8 Å². The van der Waals surface area contributed by atoms with Crippen LogP contribution in [0.3, 0.4) is 0 Å². The van der Waals surface area contributed by atoms with Crippen molar-refractivity contribution in [2.45, 2.75) is 52.4 Å². The predicted octanol–water partition coefficient (Wildman–Crippen LogP) is 7.31. The highest BCUT2D eigenvalue weighted by atomic mass is 35.5. The van der Waals surface area contributed by atoms with Crippen molar-refractivity contribution in [1.29, 1.82) is 0 Å².